The van der Waals surface area contributed by atoms with Crippen molar-refractivity contribution in [3.05, 3.63) is 95.9 Å². The van der Waals surface area contributed by atoms with Crippen molar-refractivity contribution in [1.29, 1.82) is 0 Å². The number of rotatable bonds is 7. The second-order valence-corrected chi connectivity index (χ2v) is 8.08. The van der Waals surface area contributed by atoms with E-state index in [2.05, 4.69) is 15.6 Å². The van der Waals surface area contributed by atoms with Gasteiger partial charge in [0, 0.05) is 23.7 Å². The molecule has 0 bridgehead atoms. The third kappa shape index (κ3) is 5.20. The summed E-state index contributed by atoms with van der Waals surface area (Å²) in [7, 11) is 0. The van der Waals surface area contributed by atoms with Gasteiger partial charge in [-0.25, -0.2) is 9.37 Å². The first kappa shape index (κ1) is 22.9. The Morgan fingerprint density at radius 3 is 2.47 bits per heavy atom. The first-order valence-corrected chi connectivity index (χ1v) is 10.9. The molecule has 2 N–H and O–H groups in total. The molecule has 0 saturated heterocycles. The second-order valence-electron chi connectivity index (χ2n) is 8.08. The van der Waals surface area contributed by atoms with Gasteiger partial charge in [0.05, 0.1) is 17.3 Å². The highest BCUT2D eigenvalue weighted by Crippen LogP contribution is 2.29. The normalized spacial score (nSPS) is 10.8. The fourth-order valence-electron chi connectivity index (χ4n) is 3.38. The van der Waals surface area contributed by atoms with Crippen LogP contribution in [-0.2, 0) is 11.3 Å². The van der Waals surface area contributed by atoms with Crippen molar-refractivity contribution in [2.45, 2.75) is 20.4 Å². The van der Waals surface area contributed by atoms with Gasteiger partial charge in [-0.05, 0) is 42.0 Å². The van der Waals surface area contributed by atoms with Crippen molar-refractivity contribution in [1.82, 2.24) is 10.3 Å². The van der Waals surface area contributed by atoms with Gasteiger partial charge in [-0.15, -0.1) is 0 Å². The largest absolute Gasteiger partial charge is 0.436 e. The minimum atomic E-state index is -0.414. The van der Waals surface area contributed by atoms with Crippen LogP contribution in [0.3, 0.4) is 0 Å². The number of carbonyl (C=O) groups is 2. The second kappa shape index (κ2) is 10.1. The Hall–Kier alpha value is -4.26. The fourth-order valence-corrected chi connectivity index (χ4v) is 3.38. The smallest absolute Gasteiger partial charge is 0.252 e. The molecule has 1 heterocycles. The molecule has 0 radical (unpaired) electrons. The Morgan fingerprint density at radius 2 is 1.71 bits per heavy atom. The Balaban J connectivity index is 1.50. The molecule has 2 amide bonds. The van der Waals surface area contributed by atoms with Crippen LogP contribution < -0.4 is 10.6 Å². The van der Waals surface area contributed by atoms with Crippen LogP contribution in [0.15, 0.2) is 83.4 Å². The van der Waals surface area contributed by atoms with Crippen LogP contribution in [0.1, 0.15) is 29.8 Å². The number of nitrogens with one attached hydrogen (secondary N) is 2. The maximum Gasteiger partial charge on any atom is 0.252 e. The molecular formula is C27H24FN3O3. The third-order valence-electron chi connectivity index (χ3n) is 5.22. The molecule has 3 aromatic carbocycles. The molecule has 4 rings (SSSR count). The van der Waals surface area contributed by atoms with Gasteiger partial charge in [0.2, 0.25) is 11.8 Å². The van der Waals surface area contributed by atoms with Gasteiger partial charge in [-0.2, -0.15) is 0 Å². The molecule has 0 aliphatic rings. The van der Waals surface area contributed by atoms with Crippen LogP contribution in [0, 0.1) is 11.7 Å². The van der Waals surface area contributed by atoms with Crippen molar-refractivity contribution >= 4 is 17.5 Å². The van der Waals surface area contributed by atoms with Gasteiger partial charge in [0.25, 0.3) is 5.91 Å². The van der Waals surface area contributed by atoms with E-state index >= 15 is 0 Å². The zero-order valence-electron chi connectivity index (χ0n) is 18.8. The van der Waals surface area contributed by atoms with E-state index in [9.17, 15) is 14.0 Å². The van der Waals surface area contributed by atoms with E-state index in [1.54, 1.807) is 48.5 Å². The zero-order chi connectivity index (χ0) is 24.1. The lowest BCUT2D eigenvalue weighted by Crippen LogP contribution is -2.23. The van der Waals surface area contributed by atoms with Crippen molar-refractivity contribution in [3.63, 3.8) is 0 Å². The summed E-state index contributed by atoms with van der Waals surface area (Å²) in [4.78, 5) is 29.2. The van der Waals surface area contributed by atoms with E-state index < -0.39 is 5.82 Å². The number of amides is 2. The molecular weight excluding hydrogens is 433 g/mol. The lowest BCUT2D eigenvalue weighted by Gasteiger charge is -2.11. The summed E-state index contributed by atoms with van der Waals surface area (Å²) in [6.07, 6.45) is 1.44. The Labute approximate surface area is 196 Å². The molecule has 0 aliphatic heterocycles. The topological polar surface area (TPSA) is 84.2 Å². The standard InChI is InChI=1S/C27H24FN3O3/c1-17(2)25(32)31-19-9-7-8-18(14-19)15-29-26(33)20-10-3-4-11-21(20)27-30-16-24(34-27)22-12-5-6-13-23(22)28/h3-14,16-17H,15H2,1-2H3,(H,29,33)(H,31,32). The van der Waals surface area contributed by atoms with Crippen molar-refractivity contribution < 1.29 is 18.4 Å². The molecule has 0 fully saturated rings. The van der Waals surface area contributed by atoms with E-state index in [1.807, 2.05) is 32.0 Å². The van der Waals surface area contributed by atoms with Crippen LogP contribution in [0.4, 0.5) is 10.1 Å². The van der Waals surface area contributed by atoms with Crippen molar-refractivity contribution in [2.24, 2.45) is 5.92 Å². The number of oxazole rings is 1. The van der Waals surface area contributed by atoms with Crippen LogP contribution in [0.5, 0.6) is 0 Å². The van der Waals surface area contributed by atoms with Crippen molar-refractivity contribution in [3.8, 4) is 22.8 Å². The highest BCUT2D eigenvalue weighted by molar-refractivity contribution is 6.00. The Kier molecular flexibility index (Phi) is 6.82. The summed E-state index contributed by atoms with van der Waals surface area (Å²) < 4.78 is 19.9. The van der Waals surface area contributed by atoms with Crippen LogP contribution in [-0.4, -0.2) is 16.8 Å². The number of nitrogens with zero attached hydrogens (tertiary/aromatic N) is 1. The van der Waals surface area contributed by atoms with Gasteiger partial charge in [0.1, 0.15) is 5.82 Å². The number of halogens is 1. The maximum absolute atomic E-state index is 14.1. The molecule has 1 aromatic heterocycles. The predicted octanol–water partition coefficient (Wildman–Crippen LogP) is 5.67. The SMILES string of the molecule is CC(C)C(=O)Nc1cccc(CNC(=O)c2ccccc2-c2ncc(-c3ccccc3F)o2)c1. The minimum absolute atomic E-state index is 0.0733. The minimum Gasteiger partial charge on any atom is -0.436 e. The van der Waals surface area contributed by atoms with E-state index in [0.29, 0.717) is 22.4 Å². The number of hydrogen-bond acceptors (Lipinski definition) is 4. The average molecular weight is 458 g/mol. The molecule has 7 heteroatoms. The first-order chi connectivity index (χ1) is 16.4. The van der Waals surface area contributed by atoms with Crippen LogP contribution >= 0.6 is 0 Å². The Bertz CT molecular complexity index is 1330. The first-order valence-electron chi connectivity index (χ1n) is 10.9. The van der Waals surface area contributed by atoms with Gasteiger partial charge >= 0.3 is 0 Å². The predicted molar refractivity (Wildman–Crippen MR) is 128 cm³/mol. The number of carbonyl (C=O) groups excluding carboxylic acids is 2. The van der Waals surface area contributed by atoms with E-state index in [0.717, 1.165) is 5.56 Å². The van der Waals surface area contributed by atoms with Crippen molar-refractivity contribution in [2.75, 3.05) is 5.32 Å². The highest BCUT2D eigenvalue weighted by Gasteiger charge is 2.18. The quantitative estimate of drug-likeness (QED) is 0.374. The molecule has 172 valence electrons. The summed E-state index contributed by atoms with van der Waals surface area (Å²) in [6.45, 7) is 3.92. The molecule has 0 atom stereocenters. The summed E-state index contributed by atoms with van der Waals surface area (Å²) in [6, 6.07) is 20.5. The van der Waals surface area contributed by atoms with Gasteiger partial charge < -0.3 is 15.1 Å². The van der Waals surface area contributed by atoms with Gasteiger partial charge in [-0.3, -0.25) is 9.59 Å². The zero-order valence-corrected chi connectivity index (χ0v) is 18.8. The number of aromatic nitrogens is 1. The number of anilines is 1. The summed E-state index contributed by atoms with van der Waals surface area (Å²) in [5.41, 5.74) is 2.69. The fraction of sp³-hybridized carbons (Fsp3) is 0.148. The lowest BCUT2D eigenvalue weighted by molar-refractivity contribution is -0.118. The molecule has 0 saturated carbocycles. The van der Waals surface area contributed by atoms with E-state index in [-0.39, 0.29) is 35.9 Å². The molecule has 4 aromatic rings. The molecule has 34 heavy (non-hydrogen) atoms. The summed E-state index contributed by atoms with van der Waals surface area (Å²) >= 11 is 0. The Morgan fingerprint density at radius 1 is 0.971 bits per heavy atom. The molecule has 0 unspecified atom stereocenters. The summed E-state index contributed by atoms with van der Waals surface area (Å²) in [5, 5.41) is 5.75. The number of hydrogen-bond donors (Lipinski definition) is 2. The maximum atomic E-state index is 14.1. The third-order valence-corrected chi connectivity index (χ3v) is 5.22. The van der Waals surface area contributed by atoms with Crippen LogP contribution in [0.25, 0.3) is 22.8 Å². The van der Waals surface area contributed by atoms with Gasteiger partial charge in [0.15, 0.2) is 5.76 Å². The van der Waals surface area contributed by atoms with E-state index in [1.165, 1.54) is 12.3 Å². The molecule has 0 aliphatic carbocycles. The monoisotopic (exact) mass is 457 g/mol. The van der Waals surface area contributed by atoms with E-state index in [4.69, 9.17) is 4.42 Å². The average Bonchev–Trinajstić information content (AvgIpc) is 3.33. The number of benzene rings is 3. The highest BCUT2D eigenvalue weighted by atomic mass is 19.1. The summed E-state index contributed by atoms with van der Waals surface area (Å²) in [5.74, 6) is -0.420. The van der Waals surface area contributed by atoms with Crippen LogP contribution in [0.2, 0.25) is 0 Å². The lowest BCUT2D eigenvalue weighted by atomic mass is 10.1. The molecule has 0 spiro atoms. The molecule has 6 nitrogen and oxygen atoms in total. The van der Waals surface area contributed by atoms with Gasteiger partial charge in [-0.1, -0.05) is 50.2 Å².